The van der Waals surface area contributed by atoms with Gasteiger partial charge in [0.05, 0.1) is 25.8 Å². The monoisotopic (exact) mass is 318 g/mol. The molecule has 0 bridgehead atoms. The Balaban J connectivity index is 2.90. The molecule has 0 aliphatic carbocycles. The number of nitrogens with one attached hydrogen (secondary N) is 1. The van der Waals surface area contributed by atoms with E-state index in [0.29, 0.717) is 18.8 Å². The van der Waals surface area contributed by atoms with E-state index in [1.165, 1.54) is 12.0 Å². The molecular weight excluding hydrogens is 298 g/mol. The van der Waals surface area contributed by atoms with Crippen molar-refractivity contribution in [3.63, 3.8) is 0 Å². The number of phenols is 1. The van der Waals surface area contributed by atoms with Gasteiger partial charge in [-0.3, -0.25) is 0 Å². The molecule has 102 valence electrons. The van der Waals surface area contributed by atoms with Crippen LogP contribution in [0.2, 0.25) is 0 Å². The summed E-state index contributed by atoms with van der Waals surface area (Å²) < 4.78 is 6.01. The van der Waals surface area contributed by atoms with Gasteiger partial charge in [0.25, 0.3) is 0 Å². The number of methoxy groups -OCH3 is 1. The molecular formula is C13H21BrNO3+. The number of rotatable bonds is 7. The molecule has 1 aromatic carbocycles. The third-order valence-electron chi connectivity index (χ3n) is 2.85. The number of halogens is 1. The lowest BCUT2D eigenvalue weighted by molar-refractivity contribution is -0.914. The number of aliphatic hydroxyl groups is 1. The van der Waals surface area contributed by atoms with Crippen LogP contribution in [0.3, 0.4) is 0 Å². The molecule has 1 rings (SSSR count). The van der Waals surface area contributed by atoms with Gasteiger partial charge in [0.2, 0.25) is 0 Å². The number of aliphatic hydroxyl groups excluding tert-OH is 1. The zero-order valence-electron chi connectivity index (χ0n) is 10.9. The zero-order chi connectivity index (χ0) is 13.5. The topological polar surface area (TPSA) is 54.1 Å². The summed E-state index contributed by atoms with van der Waals surface area (Å²) >= 11 is 3.41. The normalized spacial score (nSPS) is 12.4. The van der Waals surface area contributed by atoms with Crippen LogP contribution in [0.1, 0.15) is 18.9 Å². The third kappa shape index (κ3) is 4.15. The second kappa shape index (κ2) is 7.61. The summed E-state index contributed by atoms with van der Waals surface area (Å²) in [5.41, 5.74) is 0.832. The van der Waals surface area contributed by atoms with Crippen molar-refractivity contribution >= 4 is 15.9 Å². The summed E-state index contributed by atoms with van der Waals surface area (Å²) in [6.07, 6.45) is 1.04. The van der Waals surface area contributed by atoms with Crippen molar-refractivity contribution in [1.29, 1.82) is 0 Å². The van der Waals surface area contributed by atoms with Crippen LogP contribution in [0.4, 0.5) is 0 Å². The fourth-order valence-corrected chi connectivity index (χ4v) is 2.49. The van der Waals surface area contributed by atoms with Crippen molar-refractivity contribution in [2.75, 3.05) is 26.8 Å². The van der Waals surface area contributed by atoms with Crippen LogP contribution < -0.4 is 9.64 Å². The Morgan fingerprint density at radius 1 is 1.33 bits per heavy atom. The van der Waals surface area contributed by atoms with E-state index in [4.69, 9.17) is 9.84 Å². The molecule has 0 heterocycles. The van der Waals surface area contributed by atoms with Gasteiger partial charge in [0.15, 0.2) is 11.5 Å². The molecule has 4 nitrogen and oxygen atoms in total. The van der Waals surface area contributed by atoms with Crippen LogP contribution in [-0.4, -0.2) is 37.0 Å². The van der Waals surface area contributed by atoms with Crippen LogP contribution in [0.25, 0.3) is 0 Å². The summed E-state index contributed by atoms with van der Waals surface area (Å²) in [5.74, 6) is 0.659. The molecule has 0 fully saturated rings. The standard InChI is InChI=1S/C13H20BrNO3/c1-3-4-15(5-6-16)9-10-7-11(14)8-12(18-2)13(10)17/h7-8,16-17H,3-6,9H2,1-2H3/p+1. The minimum atomic E-state index is 0.154. The average molecular weight is 319 g/mol. The van der Waals surface area contributed by atoms with Crippen molar-refractivity contribution in [1.82, 2.24) is 0 Å². The van der Waals surface area contributed by atoms with Crippen LogP contribution in [0.5, 0.6) is 11.5 Å². The van der Waals surface area contributed by atoms with Gasteiger partial charge in [-0.2, -0.15) is 0 Å². The van der Waals surface area contributed by atoms with Crippen molar-refractivity contribution in [2.45, 2.75) is 19.9 Å². The minimum Gasteiger partial charge on any atom is -0.504 e. The van der Waals surface area contributed by atoms with Gasteiger partial charge in [-0.15, -0.1) is 0 Å². The molecule has 0 radical (unpaired) electrons. The second-order valence-corrected chi connectivity index (χ2v) is 5.18. The summed E-state index contributed by atoms with van der Waals surface area (Å²) in [4.78, 5) is 1.25. The van der Waals surface area contributed by atoms with Crippen LogP contribution in [-0.2, 0) is 6.54 Å². The first-order valence-corrected chi connectivity index (χ1v) is 6.91. The Kier molecular flexibility index (Phi) is 6.46. The quantitative estimate of drug-likeness (QED) is 0.701. The zero-order valence-corrected chi connectivity index (χ0v) is 12.5. The van der Waals surface area contributed by atoms with E-state index < -0.39 is 0 Å². The maximum absolute atomic E-state index is 10.1. The van der Waals surface area contributed by atoms with Crippen LogP contribution in [0, 0.1) is 0 Å². The highest BCUT2D eigenvalue weighted by Gasteiger charge is 2.15. The van der Waals surface area contributed by atoms with Crippen molar-refractivity contribution in [2.24, 2.45) is 0 Å². The highest BCUT2D eigenvalue weighted by molar-refractivity contribution is 9.10. The van der Waals surface area contributed by atoms with Gasteiger partial charge in [-0.05, 0) is 18.6 Å². The number of phenolic OH excluding ortho intramolecular Hbond substituents is 1. The molecule has 0 spiro atoms. The van der Waals surface area contributed by atoms with Crippen LogP contribution in [0.15, 0.2) is 16.6 Å². The molecule has 0 saturated heterocycles. The van der Waals surface area contributed by atoms with Crippen molar-refractivity contribution in [3.8, 4) is 11.5 Å². The Hall–Kier alpha value is -0.780. The molecule has 0 aliphatic heterocycles. The predicted molar refractivity (Wildman–Crippen MR) is 74.1 cm³/mol. The first-order chi connectivity index (χ1) is 8.62. The van der Waals surface area contributed by atoms with E-state index in [-0.39, 0.29) is 12.4 Å². The summed E-state index contributed by atoms with van der Waals surface area (Å²) in [7, 11) is 1.54. The Morgan fingerprint density at radius 3 is 2.61 bits per heavy atom. The fraction of sp³-hybridized carbons (Fsp3) is 0.538. The summed E-state index contributed by atoms with van der Waals surface area (Å²) in [5, 5.41) is 19.1. The SMILES string of the molecule is CCC[NH+](CCO)Cc1cc(Br)cc(OC)c1O. The smallest absolute Gasteiger partial charge is 0.166 e. The van der Waals surface area contributed by atoms with E-state index in [2.05, 4.69) is 22.9 Å². The van der Waals surface area contributed by atoms with E-state index >= 15 is 0 Å². The van der Waals surface area contributed by atoms with E-state index in [1.54, 1.807) is 6.07 Å². The Labute approximate surface area is 116 Å². The maximum Gasteiger partial charge on any atom is 0.166 e. The van der Waals surface area contributed by atoms with E-state index in [1.807, 2.05) is 6.07 Å². The molecule has 0 amide bonds. The summed E-state index contributed by atoms with van der Waals surface area (Å²) in [6.45, 7) is 4.59. The third-order valence-corrected chi connectivity index (χ3v) is 3.31. The number of hydrogen-bond acceptors (Lipinski definition) is 3. The number of quaternary nitrogens is 1. The maximum atomic E-state index is 10.1. The fourth-order valence-electron chi connectivity index (χ4n) is 2.00. The van der Waals surface area contributed by atoms with Gasteiger partial charge >= 0.3 is 0 Å². The Bertz CT molecular complexity index is 379. The number of aromatic hydroxyl groups is 1. The van der Waals surface area contributed by atoms with E-state index in [0.717, 1.165) is 23.0 Å². The summed E-state index contributed by atoms with van der Waals surface area (Å²) in [6, 6.07) is 3.63. The Morgan fingerprint density at radius 2 is 2.06 bits per heavy atom. The highest BCUT2D eigenvalue weighted by Crippen LogP contribution is 2.33. The van der Waals surface area contributed by atoms with Gasteiger partial charge in [0.1, 0.15) is 13.1 Å². The van der Waals surface area contributed by atoms with Gasteiger partial charge < -0.3 is 19.8 Å². The van der Waals surface area contributed by atoms with Gasteiger partial charge in [0, 0.05) is 4.47 Å². The van der Waals surface area contributed by atoms with Gasteiger partial charge in [-0.25, -0.2) is 0 Å². The van der Waals surface area contributed by atoms with Crippen molar-refractivity contribution in [3.05, 3.63) is 22.2 Å². The molecule has 18 heavy (non-hydrogen) atoms. The van der Waals surface area contributed by atoms with Crippen molar-refractivity contribution < 1.29 is 19.8 Å². The number of hydrogen-bond donors (Lipinski definition) is 3. The molecule has 0 aromatic heterocycles. The average Bonchev–Trinajstić information content (AvgIpc) is 2.34. The van der Waals surface area contributed by atoms with E-state index in [9.17, 15) is 5.11 Å². The first kappa shape index (κ1) is 15.3. The highest BCUT2D eigenvalue weighted by atomic mass is 79.9. The molecule has 3 N–H and O–H groups in total. The lowest BCUT2D eigenvalue weighted by atomic mass is 10.1. The molecule has 0 aliphatic rings. The number of benzene rings is 1. The molecule has 1 unspecified atom stereocenters. The first-order valence-electron chi connectivity index (χ1n) is 6.12. The lowest BCUT2D eigenvalue weighted by Gasteiger charge is -2.19. The molecule has 1 atom stereocenters. The second-order valence-electron chi connectivity index (χ2n) is 4.27. The van der Waals surface area contributed by atoms with Crippen LogP contribution >= 0.6 is 15.9 Å². The minimum absolute atomic E-state index is 0.154. The largest absolute Gasteiger partial charge is 0.504 e. The predicted octanol–water partition coefficient (Wildman–Crippen LogP) is 0.951. The lowest BCUT2D eigenvalue weighted by Crippen LogP contribution is -3.11. The number of ether oxygens (including phenoxy) is 1. The molecule has 1 aromatic rings. The molecule has 5 heteroatoms. The molecule has 0 saturated carbocycles. The van der Waals surface area contributed by atoms with Gasteiger partial charge in [-0.1, -0.05) is 22.9 Å².